The summed E-state index contributed by atoms with van der Waals surface area (Å²) in [5.41, 5.74) is 6.61. The Morgan fingerprint density at radius 1 is 1.32 bits per heavy atom. The molecule has 5 nitrogen and oxygen atoms in total. The van der Waals surface area contributed by atoms with Crippen LogP contribution in [0, 0.1) is 19.8 Å². The van der Waals surface area contributed by atoms with Gasteiger partial charge in [0.15, 0.2) is 9.84 Å². The molecular weight excluding hydrogens is 300 g/mol. The molecule has 0 spiro atoms. The molecule has 2 rings (SSSR count). The number of hydrogen-bond acceptors (Lipinski definition) is 4. The monoisotopic (exact) mass is 322 g/mol. The highest BCUT2D eigenvalue weighted by Crippen LogP contribution is 2.21. The number of carbonyl (C=O) groups is 1. The van der Waals surface area contributed by atoms with Gasteiger partial charge in [-0.15, -0.1) is 0 Å². The Morgan fingerprint density at radius 2 is 2.05 bits per heavy atom. The lowest BCUT2D eigenvalue weighted by Gasteiger charge is -2.07. The fourth-order valence-corrected chi connectivity index (χ4v) is 4.38. The van der Waals surface area contributed by atoms with Crippen molar-refractivity contribution >= 4 is 21.5 Å². The second kappa shape index (κ2) is 6.60. The molecular formula is C16H22N2O3S. The van der Waals surface area contributed by atoms with Crippen molar-refractivity contribution in [3.8, 4) is 0 Å². The molecule has 0 aromatic heterocycles. The number of nitrogens with one attached hydrogen (secondary N) is 1. The summed E-state index contributed by atoms with van der Waals surface area (Å²) in [4.78, 5) is 11.9. The van der Waals surface area contributed by atoms with Crippen molar-refractivity contribution in [2.75, 3.05) is 11.5 Å². The summed E-state index contributed by atoms with van der Waals surface area (Å²) in [5.74, 6) is -0.0108. The van der Waals surface area contributed by atoms with Crippen molar-refractivity contribution < 1.29 is 13.2 Å². The molecule has 1 saturated heterocycles. The number of aryl methyl sites for hydroxylation is 2. The minimum atomic E-state index is -2.94. The van der Waals surface area contributed by atoms with Crippen LogP contribution in [0.4, 0.5) is 0 Å². The first-order valence-corrected chi connectivity index (χ1v) is 9.20. The Balaban J connectivity index is 1.93. The van der Waals surface area contributed by atoms with E-state index in [9.17, 15) is 13.2 Å². The number of amides is 1. The van der Waals surface area contributed by atoms with E-state index in [0.29, 0.717) is 6.42 Å². The first kappa shape index (κ1) is 16.7. The largest absolute Gasteiger partial charge is 0.273 e. The van der Waals surface area contributed by atoms with Crippen molar-refractivity contribution in [2.45, 2.75) is 33.6 Å². The lowest BCUT2D eigenvalue weighted by molar-refractivity contribution is -0.121. The number of hydrogen-bond donors (Lipinski definition) is 1. The molecule has 22 heavy (non-hydrogen) atoms. The summed E-state index contributed by atoms with van der Waals surface area (Å²) in [6.45, 7) is 5.92. The number of benzene rings is 1. The number of nitrogens with zero attached hydrogens (tertiary/aromatic N) is 1. The van der Waals surface area contributed by atoms with Crippen LogP contribution in [-0.4, -0.2) is 31.5 Å². The van der Waals surface area contributed by atoms with Crippen LogP contribution < -0.4 is 5.43 Å². The van der Waals surface area contributed by atoms with Crippen LogP contribution in [0.15, 0.2) is 23.3 Å². The fourth-order valence-electron chi connectivity index (χ4n) is 2.52. The highest BCUT2D eigenvalue weighted by atomic mass is 32.2. The van der Waals surface area contributed by atoms with E-state index in [2.05, 4.69) is 10.5 Å². The van der Waals surface area contributed by atoms with E-state index < -0.39 is 9.84 Å². The highest BCUT2D eigenvalue weighted by Gasteiger charge is 2.29. The third-order valence-electron chi connectivity index (χ3n) is 4.07. The fraction of sp³-hybridized carbons (Fsp3) is 0.500. The summed E-state index contributed by atoms with van der Waals surface area (Å²) >= 11 is 0. The van der Waals surface area contributed by atoms with Crippen LogP contribution in [0.2, 0.25) is 0 Å². The Labute approximate surface area is 131 Å². The second-order valence-electron chi connectivity index (χ2n) is 6.00. The maximum absolute atomic E-state index is 11.9. The molecule has 0 saturated carbocycles. The van der Waals surface area contributed by atoms with Crippen molar-refractivity contribution in [2.24, 2.45) is 11.0 Å². The third kappa shape index (κ3) is 4.40. The molecule has 0 bridgehead atoms. The van der Waals surface area contributed by atoms with Gasteiger partial charge in [0, 0.05) is 6.42 Å². The molecule has 120 valence electrons. The molecule has 1 amide bonds. The van der Waals surface area contributed by atoms with E-state index in [-0.39, 0.29) is 29.8 Å². The van der Waals surface area contributed by atoms with Gasteiger partial charge in [0.05, 0.1) is 17.2 Å². The molecule has 1 aliphatic rings. The van der Waals surface area contributed by atoms with Gasteiger partial charge in [-0.05, 0) is 55.9 Å². The van der Waals surface area contributed by atoms with Crippen LogP contribution in [-0.2, 0) is 14.6 Å². The Kier molecular flexibility index (Phi) is 5.01. The summed E-state index contributed by atoms with van der Waals surface area (Å²) in [6.07, 6.45) is 0.776. The second-order valence-corrected chi connectivity index (χ2v) is 8.23. The smallest absolute Gasteiger partial charge is 0.240 e. The van der Waals surface area contributed by atoms with Gasteiger partial charge in [0.25, 0.3) is 0 Å². The normalized spacial score (nSPS) is 20.9. The molecule has 0 aliphatic carbocycles. The average Bonchev–Trinajstić information content (AvgIpc) is 2.78. The van der Waals surface area contributed by atoms with Crippen molar-refractivity contribution in [3.63, 3.8) is 0 Å². The summed E-state index contributed by atoms with van der Waals surface area (Å²) < 4.78 is 22.7. The van der Waals surface area contributed by atoms with Crippen molar-refractivity contribution in [3.05, 3.63) is 34.9 Å². The van der Waals surface area contributed by atoms with Gasteiger partial charge < -0.3 is 0 Å². The lowest BCUT2D eigenvalue weighted by Crippen LogP contribution is -2.22. The van der Waals surface area contributed by atoms with Gasteiger partial charge in [-0.25, -0.2) is 13.8 Å². The molecule has 1 aromatic rings. The zero-order chi connectivity index (χ0) is 16.3. The van der Waals surface area contributed by atoms with Crippen molar-refractivity contribution in [1.82, 2.24) is 5.43 Å². The van der Waals surface area contributed by atoms with E-state index >= 15 is 0 Å². The van der Waals surface area contributed by atoms with Gasteiger partial charge >= 0.3 is 0 Å². The number of hydrazone groups is 1. The van der Waals surface area contributed by atoms with Crippen LogP contribution in [0.1, 0.15) is 36.5 Å². The summed E-state index contributed by atoms with van der Waals surface area (Å²) in [5, 5.41) is 4.11. The summed E-state index contributed by atoms with van der Waals surface area (Å²) in [6, 6.07) is 6.02. The van der Waals surface area contributed by atoms with E-state index in [4.69, 9.17) is 0 Å². The molecule has 1 aliphatic heterocycles. The van der Waals surface area contributed by atoms with Gasteiger partial charge in [-0.3, -0.25) is 4.79 Å². The standard InChI is InChI=1S/C16H22N2O3S/c1-11-4-5-15(8-12(11)2)13(3)17-18-16(19)9-14-6-7-22(20,21)10-14/h4-5,8,14H,6-7,9-10H2,1-3H3,(H,18,19)/b17-13-/t14-/m0/s1. The molecule has 0 radical (unpaired) electrons. The minimum absolute atomic E-state index is 0.0814. The molecule has 1 atom stereocenters. The van der Waals surface area contributed by atoms with Crippen LogP contribution >= 0.6 is 0 Å². The maximum Gasteiger partial charge on any atom is 0.240 e. The van der Waals surface area contributed by atoms with Crippen LogP contribution in [0.25, 0.3) is 0 Å². The molecule has 0 unspecified atom stereocenters. The first-order chi connectivity index (χ1) is 10.3. The third-order valence-corrected chi connectivity index (χ3v) is 5.91. The Morgan fingerprint density at radius 3 is 2.64 bits per heavy atom. The zero-order valence-electron chi connectivity index (χ0n) is 13.2. The summed E-state index contributed by atoms with van der Waals surface area (Å²) in [7, 11) is -2.94. The van der Waals surface area contributed by atoms with Gasteiger partial charge in [0.1, 0.15) is 0 Å². The topological polar surface area (TPSA) is 75.6 Å². The average molecular weight is 322 g/mol. The van der Waals surface area contributed by atoms with E-state index in [1.54, 1.807) is 0 Å². The Bertz CT molecular complexity index is 708. The number of rotatable bonds is 4. The number of sulfone groups is 1. The predicted octanol–water partition coefficient (Wildman–Crippen LogP) is 1.97. The highest BCUT2D eigenvalue weighted by molar-refractivity contribution is 7.91. The van der Waals surface area contributed by atoms with E-state index in [0.717, 1.165) is 11.3 Å². The molecule has 6 heteroatoms. The quantitative estimate of drug-likeness (QED) is 0.680. The Hall–Kier alpha value is -1.69. The minimum Gasteiger partial charge on any atom is -0.273 e. The van der Waals surface area contributed by atoms with Gasteiger partial charge in [-0.1, -0.05) is 12.1 Å². The van der Waals surface area contributed by atoms with Crippen LogP contribution in [0.5, 0.6) is 0 Å². The van der Waals surface area contributed by atoms with Crippen LogP contribution in [0.3, 0.4) is 0 Å². The molecule has 1 aromatic carbocycles. The molecule has 1 N–H and O–H groups in total. The molecule has 1 fully saturated rings. The van der Waals surface area contributed by atoms with E-state index in [1.807, 2.05) is 39.0 Å². The first-order valence-electron chi connectivity index (χ1n) is 7.38. The maximum atomic E-state index is 11.9. The predicted molar refractivity (Wildman–Crippen MR) is 87.6 cm³/mol. The van der Waals surface area contributed by atoms with Gasteiger partial charge in [-0.2, -0.15) is 5.10 Å². The van der Waals surface area contributed by atoms with Gasteiger partial charge in [0.2, 0.25) is 5.91 Å². The van der Waals surface area contributed by atoms with Crippen molar-refractivity contribution in [1.29, 1.82) is 0 Å². The zero-order valence-corrected chi connectivity index (χ0v) is 14.0. The number of carbonyl (C=O) groups excluding carboxylic acids is 1. The SMILES string of the molecule is C/C(=N/NC(=O)C[C@@H]1CCS(=O)(=O)C1)c1ccc(C)c(C)c1. The molecule has 1 heterocycles. The lowest BCUT2D eigenvalue weighted by atomic mass is 10.0. The van der Waals surface area contributed by atoms with E-state index in [1.165, 1.54) is 11.1 Å².